The third-order valence-electron chi connectivity index (χ3n) is 2.04. The van der Waals surface area contributed by atoms with Gasteiger partial charge in [0.1, 0.15) is 18.3 Å². The van der Waals surface area contributed by atoms with Crippen molar-refractivity contribution in [3.63, 3.8) is 0 Å². The molecule has 1 aliphatic rings. The van der Waals surface area contributed by atoms with Crippen molar-refractivity contribution in [1.82, 2.24) is 0 Å². The summed E-state index contributed by atoms with van der Waals surface area (Å²) >= 11 is 0. The van der Waals surface area contributed by atoms with Gasteiger partial charge in [0.15, 0.2) is 0 Å². The third kappa shape index (κ3) is 3.13. The molecule has 0 fully saturated rings. The van der Waals surface area contributed by atoms with Crippen molar-refractivity contribution in [3.8, 4) is 0 Å². The Kier molecular flexibility index (Phi) is 7.94. The number of aliphatic hydroxyl groups excluding tert-OH is 4. The molecule has 0 amide bonds. The van der Waals surface area contributed by atoms with Gasteiger partial charge in [-0.3, -0.25) is 0 Å². The molecule has 0 aliphatic heterocycles. The van der Waals surface area contributed by atoms with Gasteiger partial charge < -0.3 is 26.2 Å². The molecule has 0 heterocycles. The molecule has 0 saturated heterocycles. The monoisotopic (exact) mass is 243 g/mol. The molecule has 6 N–H and O–H groups in total. The van der Waals surface area contributed by atoms with Crippen molar-refractivity contribution in [1.29, 1.82) is 0 Å². The fraction of sp³-hybridized carbons (Fsp3) is 0.714. The van der Waals surface area contributed by atoms with E-state index in [0.29, 0.717) is 0 Å². The fourth-order valence-electron chi connectivity index (χ4n) is 1.22. The Hall–Kier alpha value is 0.240. The smallest absolute Gasteiger partial charge is 0.111 e. The van der Waals surface area contributed by atoms with Crippen LogP contribution in [0.4, 0.5) is 0 Å². The number of aliphatic hydroxyl groups is 4. The molecule has 1 rings (SSSR count). The van der Waals surface area contributed by atoms with Crippen LogP contribution in [-0.2, 0) is 0 Å². The summed E-state index contributed by atoms with van der Waals surface area (Å²) in [7, 11) is 0. The van der Waals surface area contributed by atoms with Gasteiger partial charge >= 0.3 is 0 Å². The second-order valence-electron chi connectivity index (χ2n) is 2.90. The van der Waals surface area contributed by atoms with Crippen molar-refractivity contribution in [2.45, 2.75) is 24.4 Å². The normalized spacial score (nSPS) is 36.5. The predicted octanol–water partition coefficient (Wildman–Crippen LogP) is -2.45. The van der Waals surface area contributed by atoms with Crippen molar-refractivity contribution in [2.24, 2.45) is 5.73 Å². The van der Waals surface area contributed by atoms with E-state index >= 15 is 0 Å². The van der Waals surface area contributed by atoms with Crippen molar-refractivity contribution in [3.05, 3.63) is 11.6 Å². The molecule has 86 valence electrons. The van der Waals surface area contributed by atoms with E-state index in [0.717, 1.165) is 0 Å². The molecule has 0 radical (unpaired) electrons. The molecular weight excluding hydrogens is 226 g/mol. The molecular formula is C7H17NO4S2. The summed E-state index contributed by atoms with van der Waals surface area (Å²) in [5.41, 5.74) is 5.64. The average Bonchev–Trinajstić information content (AvgIpc) is 2.08. The van der Waals surface area contributed by atoms with Crippen LogP contribution in [0.1, 0.15) is 0 Å². The molecule has 4 atom stereocenters. The first-order chi connectivity index (χ1) is 5.57. The second kappa shape index (κ2) is 6.67. The molecule has 1 aliphatic carbocycles. The zero-order valence-electron chi connectivity index (χ0n) is 7.46. The lowest BCUT2D eigenvalue weighted by Crippen LogP contribution is -2.52. The van der Waals surface area contributed by atoms with Gasteiger partial charge in [0.25, 0.3) is 0 Å². The van der Waals surface area contributed by atoms with Crippen LogP contribution >= 0.6 is 27.0 Å². The highest BCUT2D eigenvalue weighted by Crippen LogP contribution is 2.18. The Bertz CT molecular complexity index is 202. The first-order valence-electron chi connectivity index (χ1n) is 3.69. The van der Waals surface area contributed by atoms with Gasteiger partial charge in [-0.15, -0.1) is 0 Å². The summed E-state index contributed by atoms with van der Waals surface area (Å²) in [6, 6.07) is -0.731. The van der Waals surface area contributed by atoms with Gasteiger partial charge in [-0.1, -0.05) is 6.08 Å². The standard InChI is InChI=1S/C7H13NO4.2H2S/c8-4-1-3(2-9)5(10)7(12)6(4)11;;/h1,4-7,9-12H,2,8H2;2*1H2/t4-,5+,6-,7?;;/m1../s1. The molecule has 0 aromatic carbocycles. The topological polar surface area (TPSA) is 107 Å². The summed E-state index contributed by atoms with van der Waals surface area (Å²) in [6.45, 7) is -0.362. The van der Waals surface area contributed by atoms with E-state index in [1.165, 1.54) is 6.08 Å². The van der Waals surface area contributed by atoms with Gasteiger partial charge in [0.05, 0.1) is 12.6 Å². The highest BCUT2D eigenvalue weighted by molar-refractivity contribution is 7.59. The van der Waals surface area contributed by atoms with Crippen molar-refractivity contribution < 1.29 is 20.4 Å². The number of hydrogen-bond acceptors (Lipinski definition) is 5. The van der Waals surface area contributed by atoms with Gasteiger partial charge in [-0.25, -0.2) is 0 Å². The molecule has 5 nitrogen and oxygen atoms in total. The minimum absolute atomic E-state index is 0. The van der Waals surface area contributed by atoms with Gasteiger partial charge in [0.2, 0.25) is 0 Å². The summed E-state index contributed by atoms with van der Waals surface area (Å²) in [4.78, 5) is 0. The summed E-state index contributed by atoms with van der Waals surface area (Å²) in [5, 5.41) is 36.3. The van der Waals surface area contributed by atoms with Crippen LogP contribution in [0.5, 0.6) is 0 Å². The highest BCUT2D eigenvalue weighted by atomic mass is 32.1. The number of nitrogens with two attached hydrogens (primary N) is 1. The van der Waals surface area contributed by atoms with Crippen LogP contribution in [-0.4, -0.2) is 51.4 Å². The lowest BCUT2D eigenvalue weighted by molar-refractivity contribution is -0.0596. The maximum absolute atomic E-state index is 9.23. The van der Waals surface area contributed by atoms with E-state index in [4.69, 9.17) is 15.9 Å². The molecule has 0 aromatic rings. The van der Waals surface area contributed by atoms with Gasteiger partial charge in [-0.05, 0) is 5.57 Å². The largest absolute Gasteiger partial charge is 0.392 e. The van der Waals surface area contributed by atoms with Gasteiger partial charge in [-0.2, -0.15) is 27.0 Å². The molecule has 1 unspecified atom stereocenters. The van der Waals surface area contributed by atoms with E-state index < -0.39 is 24.4 Å². The van der Waals surface area contributed by atoms with Crippen LogP contribution in [0, 0.1) is 0 Å². The lowest BCUT2D eigenvalue weighted by atomic mass is 9.89. The predicted molar refractivity (Wildman–Crippen MR) is 61.9 cm³/mol. The van der Waals surface area contributed by atoms with Crippen LogP contribution in [0.3, 0.4) is 0 Å². The zero-order chi connectivity index (χ0) is 9.30. The molecule has 0 aromatic heterocycles. The van der Waals surface area contributed by atoms with Crippen LogP contribution < -0.4 is 5.73 Å². The maximum atomic E-state index is 9.23. The van der Waals surface area contributed by atoms with Gasteiger partial charge in [0, 0.05) is 0 Å². The van der Waals surface area contributed by atoms with Crippen molar-refractivity contribution >= 4 is 27.0 Å². The molecule has 0 bridgehead atoms. The summed E-state index contributed by atoms with van der Waals surface area (Å²) < 4.78 is 0. The Labute approximate surface area is 96.1 Å². The summed E-state index contributed by atoms with van der Waals surface area (Å²) in [6.07, 6.45) is -2.34. The van der Waals surface area contributed by atoms with Crippen LogP contribution in [0.2, 0.25) is 0 Å². The van der Waals surface area contributed by atoms with E-state index in [9.17, 15) is 10.2 Å². The Morgan fingerprint density at radius 2 is 1.64 bits per heavy atom. The minimum Gasteiger partial charge on any atom is -0.392 e. The van der Waals surface area contributed by atoms with E-state index in [2.05, 4.69) is 0 Å². The first kappa shape index (κ1) is 16.7. The number of rotatable bonds is 1. The van der Waals surface area contributed by atoms with E-state index in [1.807, 2.05) is 0 Å². The Balaban J connectivity index is 0. The number of hydrogen-bond donors (Lipinski definition) is 5. The highest BCUT2D eigenvalue weighted by Gasteiger charge is 2.34. The maximum Gasteiger partial charge on any atom is 0.111 e. The molecule has 7 heteroatoms. The van der Waals surface area contributed by atoms with E-state index in [1.54, 1.807) is 0 Å². The van der Waals surface area contributed by atoms with Crippen LogP contribution in [0.25, 0.3) is 0 Å². The summed E-state index contributed by atoms with van der Waals surface area (Å²) in [5.74, 6) is 0. The average molecular weight is 243 g/mol. The third-order valence-corrected chi connectivity index (χ3v) is 2.04. The molecule has 0 spiro atoms. The Morgan fingerprint density at radius 1 is 1.14 bits per heavy atom. The lowest BCUT2D eigenvalue weighted by Gasteiger charge is -2.32. The van der Waals surface area contributed by atoms with Crippen molar-refractivity contribution in [2.75, 3.05) is 6.61 Å². The van der Waals surface area contributed by atoms with E-state index in [-0.39, 0.29) is 39.2 Å². The second-order valence-corrected chi connectivity index (χ2v) is 2.90. The van der Waals surface area contributed by atoms with Crippen LogP contribution in [0.15, 0.2) is 11.6 Å². The first-order valence-corrected chi connectivity index (χ1v) is 3.69. The molecule has 14 heavy (non-hydrogen) atoms. The molecule has 0 saturated carbocycles. The Morgan fingerprint density at radius 3 is 2.07 bits per heavy atom. The SMILES string of the molecule is N[C@@H]1C=C(CO)[C@H](O)C(O)[C@@H]1O.S.S. The minimum atomic E-state index is -1.31. The fourth-order valence-corrected chi connectivity index (χ4v) is 1.22. The zero-order valence-corrected chi connectivity index (χ0v) is 9.46. The quantitative estimate of drug-likeness (QED) is 0.329.